The highest BCUT2D eigenvalue weighted by Gasteiger charge is 2.59. The van der Waals surface area contributed by atoms with Gasteiger partial charge in [-0.15, -0.1) is 0 Å². The summed E-state index contributed by atoms with van der Waals surface area (Å²) < 4.78 is 40.8. The molecule has 1 spiro atoms. The van der Waals surface area contributed by atoms with E-state index in [0.717, 1.165) is 67.7 Å². The SMILES string of the molecule is C=C(CCCc1ccc(N2C(=S)N(c3ccc(C#N)c(C(F)(F)F)c3)C(=O)C23CCC3)cc1)NCCC. The number of carbonyl (C=O) groups excluding carboxylic acids is 1. The van der Waals surface area contributed by atoms with Crippen LogP contribution in [0.5, 0.6) is 0 Å². The fourth-order valence-electron chi connectivity index (χ4n) is 4.92. The van der Waals surface area contributed by atoms with Crippen LogP contribution < -0.4 is 15.1 Å². The largest absolute Gasteiger partial charge is 0.417 e. The van der Waals surface area contributed by atoms with Crippen LogP contribution in [0.2, 0.25) is 0 Å². The third-order valence-corrected chi connectivity index (χ3v) is 7.41. The zero-order valence-electron chi connectivity index (χ0n) is 20.7. The van der Waals surface area contributed by atoms with Gasteiger partial charge in [-0.25, -0.2) is 0 Å². The standard InChI is InChI=1S/C28H29F3N4OS/c1-3-16-33-19(2)6-4-7-20-8-11-22(12-9-20)35-26(37)34(25(36)27(35)14-5-15-27)23-13-10-21(18-32)24(17-23)28(29,30)31/h8-13,17,33H,2-7,14-16H2,1H3. The summed E-state index contributed by atoms with van der Waals surface area (Å²) in [4.78, 5) is 16.6. The van der Waals surface area contributed by atoms with Gasteiger partial charge in [0, 0.05) is 17.9 Å². The second-order valence-electron chi connectivity index (χ2n) is 9.53. The lowest BCUT2D eigenvalue weighted by Gasteiger charge is -2.43. The molecule has 0 aromatic heterocycles. The molecule has 1 saturated carbocycles. The first kappa shape index (κ1) is 26.7. The highest BCUT2D eigenvalue weighted by molar-refractivity contribution is 7.81. The van der Waals surface area contributed by atoms with Gasteiger partial charge in [0.2, 0.25) is 0 Å². The Hall–Kier alpha value is -3.38. The molecule has 0 atom stereocenters. The summed E-state index contributed by atoms with van der Waals surface area (Å²) in [6.45, 7) is 7.08. The molecule has 0 bridgehead atoms. The van der Waals surface area contributed by atoms with E-state index in [0.29, 0.717) is 12.8 Å². The smallest absolute Gasteiger partial charge is 0.389 e. The first-order chi connectivity index (χ1) is 17.6. The predicted octanol–water partition coefficient (Wildman–Crippen LogP) is 6.47. The molecule has 2 aromatic carbocycles. The van der Waals surface area contributed by atoms with E-state index in [4.69, 9.17) is 17.5 Å². The van der Waals surface area contributed by atoms with Gasteiger partial charge in [-0.3, -0.25) is 9.69 Å². The Morgan fingerprint density at radius 1 is 1.19 bits per heavy atom. The molecule has 1 N–H and O–H groups in total. The number of nitrogens with one attached hydrogen (secondary N) is 1. The summed E-state index contributed by atoms with van der Waals surface area (Å²) in [5.41, 5.74) is 0.457. The van der Waals surface area contributed by atoms with Crippen molar-refractivity contribution in [1.29, 1.82) is 5.26 Å². The second kappa shape index (κ2) is 10.5. The topological polar surface area (TPSA) is 59.4 Å². The van der Waals surface area contributed by atoms with Gasteiger partial charge >= 0.3 is 6.18 Å². The molecule has 5 nitrogen and oxygen atoms in total. The van der Waals surface area contributed by atoms with Gasteiger partial charge in [-0.1, -0.05) is 25.6 Å². The van der Waals surface area contributed by atoms with E-state index >= 15 is 0 Å². The highest BCUT2D eigenvalue weighted by Crippen LogP contribution is 2.48. The summed E-state index contributed by atoms with van der Waals surface area (Å²) in [6.07, 6.45) is 0.997. The zero-order chi connectivity index (χ0) is 26.8. The van der Waals surface area contributed by atoms with Crippen molar-refractivity contribution in [2.45, 2.75) is 63.6 Å². The molecule has 194 valence electrons. The molecule has 1 aliphatic heterocycles. The average molecular weight is 527 g/mol. The van der Waals surface area contributed by atoms with Gasteiger partial charge < -0.3 is 10.2 Å². The van der Waals surface area contributed by atoms with Crippen LogP contribution in [0.15, 0.2) is 54.7 Å². The Labute approximate surface area is 220 Å². The van der Waals surface area contributed by atoms with Gasteiger partial charge in [0.15, 0.2) is 5.11 Å². The van der Waals surface area contributed by atoms with Gasteiger partial charge in [0.25, 0.3) is 5.91 Å². The van der Waals surface area contributed by atoms with Crippen LogP contribution in [0.1, 0.15) is 62.1 Å². The molecule has 0 unspecified atom stereocenters. The summed E-state index contributed by atoms with van der Waals surface area (Å²) in [5, 5.41) is 12.6. The fourth-order valence-corrected chi connectivity index (χ4v) is 5.39. The molecule has 37 heavy (non-hydrogen) atoms. The van der Waals surface area contributed by atoms with Crippen LogP contribution in [-0.4, -0.2) is 23.1 Å². The van der Waals surface area contributed by atoms with E-state index in [9.17, 15) is 18.0 Å². The number of thiocarbonyl (C=S) groups is 1. The lowest BCUT2D eigenvalue weighted by molar-refractivity contribution is -0.137. The highest BCUT2D eigenvalue weighted by atomic mass is 32.1. The van der Waals surface area contributed by atoms with Crippen LogP contribution in [0, 0.1) is 11.3 Å². The summed E-state index contributed by atoms with van der Waals surface area (Å²) >= 11 is 5.68. The number of carbonyl (C=O) groups is 1. The number of aryl methyl sites for hydroxylation is 1. The third kappa shape index (κ3) is 5.08. The third-order valence-electron chi connectivity index (χ3n) is 7.04. The Balaban J connectivity index is 1.56. The number of amides is 1. The van der Waals surface area contributed by atoms with Crippen LogP contribution in [0.4, 0.5) is 24.5 Å². The van der Waals surface area contributed by atoms with Crippen LogP contribution in [0.25, 0.3) is 0 Å². The lowest BCUT2D eigenvalue weighted by atomic mass is 9.75. The number of rotatable bonds is 9. The number of alkyl halides is 3. The summed E-state index contributed by atoms with van der Waals surface area (Å²) in [7, 11) is 0. The molecule has 1 saturated heterocycles. The Morgan fingerprint density at radius 3 is 2.43 bits per heavy atom. The van der Waals surface area contributed by atoms with E-state index < -0.39 is 22.8 Å². The molecule has 1 amide bonds. The number of hydrogen-bond donors (Lipinski definition) is 1. The number of hydrogen-bond acceptors (Lipinski definition) is 4. The van der Waals surface area contributed by atoms with E-state index in [1.54, 1.807) is 11.0 Å². The maximum atomic E-state index is 13.6. The molecule has 1 aliphatic carbocycles. The van der Waals surface area contributed by atoms with Crippen molar-refractivity contribution in [3.8, 4) is 6.07 Å². The van der Waals surface area contributed by atoms with E-state index in [1.165, 1.54) is 11.0 Å². The number of nitriles is 1. The van der Waals surface area contributed by atoms with Crippen molar-refractivity contribution in [2.24, 2.45) is 0 Å². The second-order valence-corrected chi connectivity index (χ2v) is 9.90. The monoisotopic (exact) mass is 526 g/mol. The van der Waals surface area contributed by atoms with Crippen LogP contribution >= 0.6 is 12.2 Å². The predicted molar refractivity (Wildman–Crippen MR) is 142 cm³/mol. The summed E-state index contributed by atoms with van der Waals surface area (Å²) in [5.74, 6) is -0.330. The minimum Gasteiger partial charge on any atom is -0.389 e. The first-order valence-corrected chi connectivity index (χ1v) is 12.8. The van der Waals surface area contributed by atoms with Gasteiger partial charge in [0.1, 0.15) is 5.54 Å². The molecular weight excluding hydrogens is 497 g/mol. The van der Waals surface area contributed by atoms with E-state index in [-0.39, 0.29) is 16.7 Å². The molecule has 2 aliphatic rings. The van der Waals surface area contributed by atoms with Crippen molar-refractivity contribution in [2.75, 3.05) is 16.3 Å². The van der Waals surface area contributed by atoms with Gasteiger partial charge in [-0.05, 0) is 93.1 Å². The van der Waals surface area contributed by atoms with Crippen molar-refractivity contribution in [3.05, 3.63) is 71.4 Å². The minimum absolute atomic E-state index is 0.0173. The quantitative estimate of drug-likeness (QED) is 0.379. The molecule has 4 rings (SSSR count). The minimum atomic E-state index is -4.73. The number of halogens is 3. The summed E-state index contributed by atoms with van der Waals surface area (Å²) in [6, 6.07) is 12.7. The zero-order valence-corrected chi connectivity index (χ0v) is 21.5. The maximum absolute atomic E-state index is 13.6. The van der Waals surface area contributed by atoms with Crippen LogP contribution in [0.3, 0.4) is 0 Å². The number of allylic oxidation sites excluding steroid dienone is 1. The number of anilines is 2. The maximum Gasteiger partial charge on any atom is 0.417 e. The lowest BCUT2D eigenvalue weighted by Crippen LogP contribution is -2.55. The number of nitrogens with zero attached hydrogens (tertiary/aromatic N) is 3. The average Bonchev–Trinajstić information content (AvgIpc) is 3.09. The van der Waals surface area contributed by atoms with Gasteiger partial charge in [-0.2, -0.15) is 18.4 Å². The Morgan fingerprint density at radius 2 is 1.86 bits per heavy atom. The van der Waals surface area contributed by atoms with E-state index in [1.807, 2.05) is 24.3 Å². The van der Waals surface area contributed by atoms with Crippen molar-refractivity contribution in [3.63, 3.8) is 0 Å². The van der Waals surface area contributed by atoms with Crippen molar-refractivity contribution < 1.29 is 18.0 Å². The van der Waals surface area contributed by atoms with Crippen molar-refractivity contribution in [1.82, 2.24) is 5.32 Å². The Kier molecular flexibility index (Phi) is 7.60. The van der Waals surface area contributed by atoms with Crippen molar-refractivity contribution >= 4 is 34.6 Å². The van der Waals surface area contributed by atoms with Gasteiger partial charge in [0.05, 0.1) is 22.9 Å². The molecule has 9 heteroatoms. The molecule has 0 radical (unpaired) electrons. The normalized spacial score (nSPS) is 16.6. The number of benzene rings is 2. The molecular formula is C28H29F3N4OS. The first-order valence-electron chi connectivity index (χ1n) is 12.4. The molecule has 1 heterocycles. The van der Waals surface area contributed by atoms with Crippen LogP contribution in [-0.2, 0) is 17.4 Å². The fraction of sp³-hybridized carbons (Fsp3) is 0.393. The Bertz CT molecular complexity index is 1250. The molecule has 2 fully saturated rings. The molecule has 2 aromatic rings. The van der Waals surface area contributed by atoms with E-state index in [2.05, 4.69) is 18.8 Å².